The molecular formula is C22H26N4O3S. The van der Waals surface area contributed by atoms with Gasteiger partial charge in [0.2, 0.25) is 5.91 Å². The second-order valence-electron chi connectivity index (χ2n) is 7.79. The number of hydrogen-bond donors (Lipinski definition) is 1. The Morgan fingerprint density at radius 3 is 2.57 bits per heavy atom. The van der Waals surface area contributed by atoms with Crippen molar-refractivity contribution in [3.8, 4) is 0 Å². The van der Waals surface area contributed by atoms with Crippen LogP contribution in [0.4, 0.5) is 15.6 Å². The predicted molar refractivity (Wildman–Crippen MR) is 118 cm³/mol. The Bertz CT molecular complexity index is 981. The van der Waals surface area contributed by atoms with E-state index < -0.39 is 11.6 Å². The first-order valence-corrected chi connectivity index (χ1v) is 10.7. The smallest absolute Gasteiger partial charge is 0.323 e. The molecule has 0 saturated carbocycles. The number of carbonyl (C=O) groups excluding carboxylic acids is 3. The number of amides is 4. The number of carbonyl (C=O) groups is 3. The zero-order valence-electron chi connectivity index (χ0n) is 17.6. The maximum absolute atomic E-state index is 12.9. The Balaban J connectivity index is 1.75. The van der Waals surface area contributed by atoms with Gasteiger partial charge in [0.1, 0.15) is 5.54 Å². The van der Waals surface area contributed by atoms with E-state index in [9.17, 15) is 14.4 Å². The summed E-state index contributed by atoms with van der Waals surface area (Å²) in [7, 11) is 0. The highest BCUT2D eigenvalue weighted by molar-refractivity contribution is 7.14. The first-order chi connectivity index (χ1) is 14.2. The van der Waals surface area contributed by atoms with E-state index in [0.717, 1.165) is 0 Å². The maximum Gasteiger partial charge on any atom is 0.325 e. The summed E-state index contributed by atoms with van der Waals surface area (Å²) in [6.07, 6.45) is 3.30. The number of rotatable bonds is 7. The van der Waals surface area contributed by atoms with Crippen LogP contribution in [0.5, 0.6) is 0 Å². The molecule has 2 aromatic rings. The second-order valence-corrected chi connectivity index (χ2v) is 8.62. The number of allylic oxidation sites excluding steroid dienone is 2. The Labute approximate surface area is 180 Å². The molecule has 1 fully saturated rings. The number of urea groups is 1. The van der Waals surface area contributed by atoms with E-state index in [4.69, 9.17) is 0 Å². The first-order valence-electron chi connectivity index (χ1n) is 9.79. The third-order valence-corrected chi connectivity index (χ3v) is 5.80. The summed E-state index contributed by atoms with van der Waals surface area (Å²) in [6.45, 7) is 7.31. The number of anilines is 2. The highest BCUT2D eigenvalue weighted by atomic mass is 32.1. The number of nitrogens with one attached hydrogen (secondary N) is 1. The van der Waals surface area contributed by atoms with E-state index in [1.807, 2.05) is 44.2 Å². The third-order valence-electron chi connectivity index (χ3n) is 4.92. The minimum atomic E-state index is -0.919. The van der Waals surface area contributed by atoms with Crippen LogP contribution >= 0.6 is 11.3 Å². The molecule has 8 heteroatoms. The topological polar surface area (TPSA) is 82.6 Å². The van der Waals surface area contributed by atoms with Gasteiger partial charge >= 0.3 is 6.03 Å². The van der Waals surface area contributed by atoms with Gasteiger partial charge in [-0.3, -0.25) is 19.4 Å². The molecule has 0 spiro atoms. The normalized spacial score (nSPS) is 18.3. The molecule has 4 amide bonds. The zero-order valence-corrected chi connectivity index (χ0v) is 18.5. The fraction of sp³-hybridized carbons (Fsp3) is 0.364. The molecule has 0 bridgehead atoms. The van der Waals surface area contributed by atoms with Crippen molar-refractivity contribution in [2.75, 3.05) is 4.90 Å². The number of para-hydroxylation sites is 1. The van der Waals surface area contributed by atoms with Gasteiger partial charge in [0, 0.05) is 12.3 Å². The van der Waals surface area contributed by atoms with Gasteiger partial charge in [-0.05, 0) is 45.7 Å². The van der Waals surface area contributed by atoms with E-state index in [1.54, 1.807) is 12.3 Å². The largest absolute Gasteiger partial charge is 0.325 e. The van der Waals surface area contributed by atoms with Crippen LogP contribution in [0.1, 0.15) is 46.2 Å². The summed E-state index contributed by atoms with van der Waals surface area (Å²) in [6, 6.07) is 8.82. The quantitative estimate of drug-likeness (QED) is 0.526. The van der Waals surface area contributed by atoms with Crippen LogP contribution < -0.4 is 10.2 Å². The van der Waals surface area contributed by atoms with Crippen molar-refractivity contribution in [3.63, 3.8) is 0 Å². The Kier molecular flexibility index (Phi) is 6.36. The van der Waals surface area contributed by atoms with E-state index in [2.05, 4.69) is 16.4 Å². The highest BCUT2D eigenvalue weighted by Crippen LogP contribution is 2.30. The molecule has 30 heavy (non-hydrogen) atoms. The maximum atomic E-state index is 12.9. The van der Waals surface area contributed by atoms with E-state index in [-0.39, 0.29) is 18.4 Å². The fourth-order valence-electron chi connectivity index (χ4n) is 3.35. The lowest BCUT2D eigenvalue weighted by Gasteiger charge is -2.20. The molecule has 1 aliphatic heterocycles. The Morgan fingerprint density at radius 2 is 1.93 bits per heavy atom. The average molecular weight is 427 g/mol. The predicted octanol–water partition coefficient (Wildman–Crippen LogP) is 4.38. The molecule has 0 aliphatic carbocycles. The van der Waals surface area contributed by atoms with Crippen molar-refractivity contribution in [3.05, 3.63) is 53.1 Å². The minimum Gasteiger partial charge on any atom is -0.323 e. The van der Waals surface area contributed by atoms with Gasteiger partial charge in [0.15, 0.2) is 5.13 Å². The van der Waals surface area contributed by atoms with Crippen LogP contribution in [0.3, 0.4) is 0 Å². The van der Waals surface area contributed by atoms with Crippen molar-refractivity contribution >= 4 is 40.0 Å². The van der Waals surface area contributed by atoms with Gasteiger partial charge < -0.3 is 5.32 Å². The molecule has 0 radical (unpaired) electrons. The molecule has 1 aromatic heterocycles. The third kappa shape index (κ3) is 4.59. The Hall–Kier alpha value is -3.00. The van der Waals surface area contributed by atoms with Gasteiger partial charge in [-0.1, -0.05) is 29.8 Å². The first kappa shape index (κ1) is 21.7. The molecular weight excluding hydrogens is 400 g/mol. The second kappa shape index (κ2) is 8.79. The lowest BCUT2D eigenvalue weighted by Crippen LogP contribution is -2.43. The van der Waals surface area contributed by atoms with Crippen molar-refractivity contribution in [1.82, 2.24) is 15.2 Å². The van der Waals surface area contributed by atoms with Gasteiger partial charge in [0.25, 0.3) is 5.91 Å². The van der Waals surface area contributed by atoms with Crippen molar-refractivity contribution in [2.24, 2.45) is 0 Å². The van der Waals surface area contributed by atoms with Crippen LogP contribution in [0.2, 0.25) is 0 Å². The number of nitrogens with zero attached hydrogens (tertiary/aromatic N) is 3. The molecule has 3 rings (SSSR count). The van der Waals surface area contributed by atoms with Crippen LogP contribution in [-0.2, 0) is 16.1 Å². The standard InChI is InChI=1S/C22H26N4O3S/c1-15(2)9-8-12-22(4)19(28)25(20(29)24-22)13-17-14-30-21(23-17)26(16(3)27)18-10-6-5-7-11-18/h5-7,9-11,14H,8,12-13H2,1-4H3,(H,24,29)/t22-/m0/s1. The molecule has 1 aromatic carbocycles. The summed E-state index contributed by atoms with van der Waals surface area (Å²) in [5.41, 5.74) is 1.54. The van der Waals surface area contributed by atoms with Crippen LogP contribution in [0, 0.1) is 0 Å². The van der Waals surface area contributed by atoms with E-state index in [0.29, 0.717) is 29.4 Å². The molecule has 0 unspecified atom stereocenters. The molecule has 7 nitrogen and oxygen atoms in total. The number of thiazole rings is 1. The number of aromatic nitrogens is 1. The van der Waals surface area contributed by atoms with E-state index in [1.165, 1.54) is 33.6 Å². The summed E-state index contributed by atoms with van der Waals surface area (Å²) in [5.74, 6) is -0.417. The van der Waals surface area contributed by atoms with Crippen molar-refractivity contribution < 1.29 is 14.4 Å². The number of benzene rings is 1. The van der Waals surface area contributed by atoms with Crippen molar-refractivity contribution in [1.29, 1.82) is 0 Å². The SMILES string of the molecule is CC(=O)N(c1ccccc1)c1nc(CN2C(=O)N[C@@](C)(CCC=C(C)C)C2=O)cs1. The van der Waals surface area contributed by atoms with Crippen LogP contribution in [0.15, 0.2) is 47.4 Å². The van der Waals surface area contributed by atoms with Gasteiger partial charge in [0.05, 0.1) is 17.9 Å². The summed E-state index contributed by atoms with van der Waals surface area (Å²) < 4.78 is 0. The molecule has 2 heterocycles. The van der Waals surface area contributed by atoms with Crippen molar-refractivity contribution in [2.45, 2.75) is 52.6 Å². The average Bonchev–Trinajstić information content (AvgIpc) is 3.21. The zero-order chi connectivity index (χ0) is 21.9. The van der Waals surface area contributed by atoms with Crippen LogP contribution in [0.25, 0.3) is 0 Å². The fourth-order valence-corrected chi connectivity index (χ4v) is 4.23. The van der Waals surface area contributed by atoms with Gasteiger partial charge in [-0.25, -0.2) is 9.78 Å². The summed E-state index contributed by atoms with van der Waals surface area (Å²) in [4.78, 5) is 44.8. The minimum absolute atomic E-state index is 0.0694. The van der Waals surface area contributed by atoms with Gasteiger partial charge in [-0.2, -0.15) is 0 Å². The highest BCUT2D eigenvalue weighted by Gasteiger charge is 2.47. The lowest BCUT2D eigenvalue weighted by atomic mass is 9.95. The van der Waals surface area contributed by atoms with Gasteiger partial charge in [-0.15, -0.1) is 11.3 Å². The molecule has 1 saturated heterocycles. The molecule has 1 N–H and O–H groups in total. The summed E-state index contributed by atoms with van der Waals surface area (Å²) >= 11 is 1.30. The van der Waals surface area contributed by atoms with Crippen LogP contribution in [-0.4, -0.2) is 33.3 Å². The molecule has 1 aliphatic rings. The number of hydrogen-bond acceptors (Lipinski definition) is 5. The van der Waals surface area contributed by atoms with E-state index >= 15 is 0 Å². The molecule has 158 valence electrons. The Morgan fingerprint density at radius 1 is 1.23 bits per heavy atom. The lowest BCUT2D eigenvalue weighted by molar-refractivity contribution is -0.131. The molecule has 1 atom stereocenters. The summed E-state index contributed by atoms with van der Waals surface area (Å²) in [5, 5.41) is 5.09. The monoisotopic (exact) mass is 426 g/mol. The number of imide groups is 1.